The lowest BCUT2D eigenvalue weighted by Crippen LogP contribution is -2.44. The molecular formula is C14H18ClN3O2. The van der Waals surface area contributed by atoms with Crippen molar-refractivity contribution < 1.29 is 9.53 Å². The van der Waals surface area contributed by atoms with Crippen LogP contribution in [0, 0.1) is 5.92 Å². The molecule has 20 heavy (non-hydrogen) atoms. The van der Waals surface area contributed by atoms with Crippen LogP contribution >= 0.6 is 11.6 Å². The Morgan fingerprint density at radius 3 is 2.80 bits per heavy atom. The van der Waals surface area contributed by atoms with E-state index in [1.54, 1.807) is 0 Å². The van der Waals surface area contributed by atoms with E-state index in [1.165, 1.54) is 25.2 Å². The van der Waals surface area contributed by atoms with Gasteiger partial charge in [-0.2, -0.15) is 0 Å². The first kappa shape index (κ1) is 13.6. The summed E-state index contributed by atoms with van der Waals surface area (Å²) in [6.07, 6.45) is 8.02. The Bertz CT molecular complexity index is 476. The second kappa shape index (κ2) is 5.95. The van der Waals surface area contributed by atoms with Gasteiger partial charge in [0.25, 0.3) is 0 Å². The van der Waals surface area contributed by atoms with E-state index in [1.807, 2.05) is 4.90 Å². The zero-order valence-electron chi connectivity index (χ0n) is 11.3. The predicted octanol–water partition coefficient (Wildman–Crippen LogP) is 2.30. The zero-order valence-corrected chi connectivity index (χ0v) is 12.1. The molecule has 3 rings (SSSR count). The third kappa shape index (κ3) is 3.60. The van der Waals surface area contributed by atoms with Crippen molar-refractivity contribution in [1.82, 2.24) is 14.9 Å². The summed E-state index contributed by atoms with van der Waals surface area (Å²) in [4.78, 5) is 22.1. The molecule has 1 saturated carbocycles. The van der Waals surface area contributed by atoms with Crippen molar-refractivity contribution in [2.75, 3.05) is 13.1 Å². The molecule has 1 aliphatic carbocycles. The topological polar surface area (TPSA) is 55.3 Å². The van der Waals surface area contributed by atoms with Crippen LogP contribution in [0.2, 0.25) is 5.02 Å². The third-order valence-corrected chi connectivity index (χ3v) is 3.95. The summed E-state index contributed by atoms with van der Waals surface area (Å²) in [7, 11) is 0. The van der Waals surface area contributed by atoms with Gasteiger partial charge in [0.15, 0.2) is 0 Å². The van der Waals surface area contributed by atoms with Crippen molar-refractivity contribution in [1.29, 1.82) is 0 Å². The van der Waals surface area contributed by atoms with Crippen molar-refractivity contribution in [2.45, 2.75) is 38.2 Å². The van der Waals surface area contributed by atoms with Gasteiger partial charge in [-0.1, -0.05) is 11.6 Å². The average Bonchev–Trinajstić information content (AvgIpc) is 3.26. The normalized spacial score (nSPS) is 22.6. The number of halogens is 1. The molecule has 2 heterocycles. The molecule has 1 atom stereocenters. The summed E-state index contributed by atoms with van der Waals surface area (Å²) in [6.45, 7) is 1.48. The van der Waals surface area contributed by atoms with E-state index < -0.39 is 0 Å². The fraction of sp³-hybridized carbons (Fsp3) is 0.643. The molecule has 0 bridgehead atoms. The van der Waals surface area contributed by atoms with Crippen molar-refractivity contribution in [3.63, 3.8) is 0 Å². The highest BCUT2D eigenvalue weighted by molar-refractivity contribution is 6.30. The summed E-state index contributed by atoms with van der Waals surface area (Å²) < 4.78 is 5.74. The molecule has 0 spiro atoms. The Kier molecular flexibility index (Phi) is 4.05. The average molecular weight is 296 g/mol. The number of carbonyl (C=O) groups is 1. The highest BCUT2D eigenvalue weighted by Crippen LogP contribution is 2.33. The zero-order chi connectivity index (χ0) is 13.9. The maximum Gasteiger partial charge on any atom is 0.316 e. The van der Waals surface area contributed by atoms with Gasteiger partial charge in [0.2, 0.25) is 5.91 Å². The van der Waals surface area contributed by atoms with Gasteiger partial charge in [-0.05, 0) is 31.6 Å². The van der Waals surface area contributed by atoms with E-state index in [0.29, 0.717) is 29.9 Å². The van der Waals surface area contributed by atoms with Gasteiger partial charge in [-0.25, -0.2) is 9.97 Å². The van der Waals surface area contributed by atoms with E-state index in [9.17, 15) is 4.79 Å². The molecule has 1 aromatic rings. The molecule has 0 aromatic carbocycles. The summed E-state index contributed by atoms with van der Waals surface area (Å²) in [5.41, 5.74) is 0. The van der Waals surface area contributed by atoms with Gasteiger partial charge in [-0.3, -0.25) is 4.79 Å². The molecule has 1 aromatic heterocycles. The summed E-state index contributed by atoms with van der Waals surface area (Å²) in [5.74, 6) is 0.890. The summed E-state index contributed by atoms with van der Waals surface area (Å²) in [6, 6.07) is 0.330. The van der Waals surface area contributed by atoms with Crippen LogP contribution in [-0.2, 0) is 4.79 Å². The van der Waals surface area contributed by atoms with E-state index in [2.05, 4.69) is 9.97 Å². The molecule has 0 N–H and O–H groups in total. The van der Waals surface area contributed by atoms with Gasteiger partial charge < -0.3 is 9.64 Å². The number of amides is 1. The Morgan fingerprint density at radius 1 is 1.35 bits per heavy atom. The number of hydrogen-bond donors (Lipinski definition) is 0. The monoisotopic (exact) mass is 295 g/mol. The molecule has 2 aliphatic rings. The number of carbonyl (C=O) groups excluding carboxylic acids is 1. The van der Waals surface area contributed by atoms with Crippen LogP contribution in [0.4, 0.5) is 0 Å². The molecule has 0 radical (unpaired) electrons. The molecule has 1 amide bonds. The molecule has 2 fully saturated rings. The lowest BCUT2D eigenvalue weighted by atomic mass is 10.1. The molecule has 1 aliphatic heterocycles. The number of ether oxygens (including phenoxy) is 1. The van der Waals surface area contributed by atoms with Crippen LogP contribution < -0.4 is 4.74 Å². The number of rotatable bonds is 4. The molecular weight excluding hydrogens is 278 g/mol. The maximum atomic E-state index is 12.1. The minimum atomic E-state index is -0.0203. The van der Waals surface area contributed by atoms with Crippen molar-refractivity contribution in [3.05, 3.63) is 17.4 Å². The minimum absolute atomic E-state index is 0.0203. The molecule has 6 heteroatoms. The highest BCUT2D eigenvalue weighted by atomic mass is 35.5. The number of nitrogens with zero attached hydrogens (tertiary/aromatic N) is 3. The fourth-order valence-electron chi connectivity index (χ4n) is 2.47. The maximum absolute atomic E-state index is 12.1. The molecule has 0 unspecified atom stereocenters. The fourth-order valence-corrected chi connectivity index (χ4v) is 2.57. The number of aromatic nitrogens is 2. The first-order valence-corrected chi connectivity index (χ1v) is 7.50. The van der Waals surface area contributed by atoms with Gasteiger partial charge >= 0.3 is 6.01 Å². The quantitative estimate of drug-likeness (QED) is 0.855. The van der Waals surface area contributed by atoms with Crippen LogP contribution in [0.1, 0.15) is 32.1 Å². The second-order valence-electron chi connectivity index (χ2n) is 5.55. The van der Waals surface area contributed by atoms with Crippen LogP contribution in [0.25, 0.3) is 0 Å². The van der Waals surface area contributed by atoms with Gasteiger partial charge in [0.1, 0.15) is 6.10 Å². The number of piperidine rings is 1. The van der Waals surface area contributed by atoms with E-state index in [-0.39, 0.29) is 12.0 Å². The first-order chi connectivity index (χ1) is 9.70. The van der Waals surface area contributed by atoms with Crippen molar-refractivity contribution in [2.24, 2.45) is 5.92 Å². The SMILES string of the molecule is O=C(CC1CC1)N1CCC[C@H](Oc2ncc(Cl)cn2)C1. The van der Waals surface area contributed by atoms with Crippen molar-refractivity contribution in [3.8, 4) is 6.01 Å². The van der Waals surface area contributed by atoms with E-state index in [0.717, 1.165) is 19.4 Å². The third-order valence-electron chi connectivity index (χ3n) is 3.76. The number of likely N-dealkylation sites (tertiary alicyclic amines) is 1. The Labute approximate surface area is 123 Å². The standard InChI is InChI=1S/C14H18ClN3O2/c15-11-7-16-14(17-8-11)20-12-2-1-5-18(9-12)13(19)6-10-3-4-10/h7-8,10,12H,1-6,9H2/t12-/m0/s1. The van der Waals surface area contributed by atoms with Crippen LogP contribution in [0.3, 0.4) is 0 Å². The van der Waals surface area contributed by atoms with Crippen LogP contribution in [-0.4, -0.2) is 40.0 Å². The number of hydrogen-bond acceptors (Lipinski definition) is 4. The van der Waals surface area contributed by atoms with E-state index >= 15 is 0 Å². The Hall–Kier alpha value is -1.36. The van der Waals surface area contributed by atoms with Crippen molar-refractivity contribution >= 4 is 17.5 Å². The lowest BCUT2D eigenvalue weighted by Gasteiger charge is -2.32. The first-order valence-electron chi connectivity index (χ1n) is 7.12. The predicted molar refractivity (Wildman–Crippen MR) is 74.6 cm³/mol. The van der Waals surface area contributed by atoms with E-state index in [4.69, 9.17) is 16.3 Å². The lowest BCUT2D eigenvalue weighted by molar-refractivity contribution is -0.134. The summed E-state index contributed by atoms with van der Waals surface area (Å²) >= 11 is 5.74. The van der Waals surface area contributed by atoms with Gasteiger partial charge in [0, 0.05) is 13.0 Å². The van der Waals surface area contributed by atoms with Gasteiger partial charge in [0.05, 0.1) is 24.0 Å². The molecule has 1 saturated heterocycles. The minimum Gasteiger partial charge on any atom is -0.458 e. The largest absolute Gasteiger partial charge is 0.458 e. The van der Waals surface area contributed by atoms with Gasteiger partial charge in [-0.15, -0.1) is 0 Å². The highest BCUT2D eigenvalue weighted by Gasteiger charge is 2.30. The Balaban J connectivity index is 1.54. The molecule has 5 nitrogen and oxygen atoms in total. The Morgan fingerprint density at radius 2 is 2.10 bits per heavy atom. The smallest absolute Gasteiger partial charge is 0.316 e. The summed E-state index contributed by atoms with van der Waals surface area (Å²) in [5, 5.41) is 0.488. The van der Waals surface area contributed by atoms with Crippen LogP contribution in [0.5, 0.6) is 6.01 Å². The molecule has 108 valence electrons. The second-order valence-corrected chi connectivity index (χ2v) is 5.99. The van der Waals surface area contributed by atoms with Crippen LogP contribution in [0.15, 0.2) is 12.4 Å².